The lowest BCUT2D eigenvalue weighted by atomic mass is 10.3. The Balaban J connectivity index is 2.87. The summed E-state index contributed by atoms with van der Waals surface area (Å²) < 4.78 is 12.8. The Morgan fingerprint density at radius 1 is 1.55 bits per heavy atom. The summed E-state index contributed by atoms with van der Waals surface area (Å²) in [5, 5.41) is 0.779. The highest BCUT2D eigenvalue weighted by molar-refractivity contribution is 6.30. The molecule has 2 rings (SSSR count). The zero-order valence-electron chi connectivity index (χ0n) is 5.44. The van der Waals surface area contributed by atoms with E-state index in [0.29, 0.717) is 16.1 Å². The van der Waals surface area contributed by atoms with E-state index in [1.807, 2.05) is 0 Å². The van der Waals surface area contributed by atoms with Crippen molar-refractivity contribution >= 4 is 22.5 Å². The molecule has 0 bridgehead atoms. The Labute approximate surface area is 67.0 Å². The van der Waals surface area contributed by atoms with Gasteiger partial charge in [-0.2, -0.15) is 0 Å². The van der Waals surface area contributed by atoms with E-state index in [2.05, 4.69) is 9.97 Å². The number of aromatic amines is 1. The second-order valence-corrected chi connectivity index (χ2v) is 2.58. The van der Waals surface area contributed by atoms with Crippen molar-refractivity contribution in [2.24, 2.45) is 0 Å². The third kappa shape index (κ3) is 0.973. The molecule has 0 aliphatic rings. The molecule has 11 heavy (non-hydrogen) atoms. The normalized spacial score (nSPS) is 10.7. The van der Waals surface area contributed by atoms with Crippen LogP contribution in [0.2, 0.25) is 5.15 Å². The summed E-state index contributed by atoms with van der Waals surface area (Å²) in [6, 6.07) is 1.49. The summed E-state index contributed by atoms with van der Waals surface area (Å²) in [4.78, 5) is 6.51. The standard InChI is InChI=1S/C7H4ClFN2/c8-7-1-4-5(9)2-10-6(4)3-11-7/h1-3,10H. The van der Waals surface area contributed by atoms with Crippen LogP contribution in [0.25, 0.3) is 10.9 Å². The van der Waals surface area contributed by atoms with Gasteiger partial charge < -0.3 is 4.98 Å². The van der Waals surface area contributed by atoms with Gasteiger partial charge in [0.05, 0.1) is 11.7 Å². The molecule has 0 unspecified atom stereocenters. The highest BCUT2D eigenvalue weighted by Gasteiger charge is 2.02. The van der Waals surface area contributed by atoms with E-state index >= 15 is 0 Å². The zero-order chi connectivity index (χ0) is 7.84. The Morgan fingerprint density at radius 3 is 3.18 bits per heavy atom. The van der Waals surface area contributed by atoms with Crippen LogP contribution in [0, 0.1) is 5.82 Å². The largest absolute Gasteiger partial charge is 0.357 e. The lowest BCUT2D eigenvalue weighted by Gasteiger charge is -1.88. The number of pyridine rings is 1. The number of H-pyrrole nitrogens is 1. The van der Waals surface area contributed by atoms with Crippen molar-refractivity contribution in [1.29, 1.82) is 0 Å². The molecule has 56 valence electrons. The fraction of sp³-hybridized carbons (Fsp3) is 0. The average molecular weight is 171 g/mol. The summed E-state index contributed by atoms with van der Waals surface area (Å²) >= 11 is 5.56. The van der Waals surface area contributed by atoms with E-state index in [1.54, 1.807) is 0 Å². The summed E-state index contributed by atoms with van der Waals surface area (Å²) in [5.41, 5.74) is 0.659. The summed E-state index contributed by atoms with van der Waals surface area (Å²) in [5.74, 6) is -0.302. The molecule has 0 radical (unpaired) electrons. The van der Waals surface area contributed by atoms with E-state index in [1.165, 1.54) is 18.5 Å². The van der Waals surface area contributed by atoms with Crippen molar-refractivity contribution in [1.82, 2.24) is 9.97 Å². The Kier molecular flexibility index (Phi) is 1.32. The van der Waals surface area contributed by atoms with Crippen molar-refractivity contribution < 1.29 is 4.39 Å². The third-order valence-electron chi connectivity index (χ3n) is 1.48. The van der Waals surface area contributed by atoms with Gasteiger partial charge in [-0.1, -0.05) is 11.6 Å². The number of aromatic nitrogens is 2. The minimum absolute atomic E-state index is 0.302. The molecular formula is C7H4ClFN2. The first kappa shape index (κ1) is 6.61. The molecule has 2 aromatic heterocycles. The van der Waals surface area contributed by atoms with Crippen LogP contribution in [0.3, 0.4) is 0 Å². The SMILES string of the molecule is Fc1c[nH]c2cnc(Cl)cc12. The van der Waals surface area contributed by atoms with Gasteiger partial charge in [0.15, 0.2) is 0 Å². The highest BCUT2D eigenvalue weighted by atomic mass is 35.5. The van der Waals surface area contributed by atoms with Crippen LogP contribution in [0.5, 0.6) is 0 Å². The van der Waals surface area contributed by atoms with Gasteiger partial charge in [-0.05, 0) is 6.07 Å². The van der Waals surface area contributed by atoms with Crippen LogP contribution < -0.4 is 0 Å². The maximum Gasteiger partial charge on any atom is 0.148 e. The molecule has 2 aromatic rings. The Bertz CT molecular complexity index is 396. The van der Waals surface area contributed by atoms with Crippen LogP contribution in [-0.4, -0.2) is 9.97 Å². The first-order valence-electron chi connectivity index (χ1n) is 3.05. The fourth-order valence-electron chi connectivity index (χ4n) is 0.961. The van der Waals surface area contributed by atoms with Crippen molar-refractivity contribution in [2.45, 2.75) is 0 Å². The van der Waals surface area contributed by atoms with Crippen molar-refractivity contribution in [3.05, 3.63) is 29.4 Å². The van der Waals surface area contributed by atoms with Crippen LogP contribution in [-0.2, 0) is 0 Å². The highest BCUT2D eigenvalue weighted by Crippen LogP contribution is 2.18. The van der Waals surface area contributed by atoms with Crippen molar-refractivity contribution in [3.63, 3.8) is 0 Å². The molecule has 0 spiro atoms. The van der Waals surface area contributed by atoms with Crippen molar-refractivity contribution in [2.75, 3.05) is 0 Å². The predicted octanol–water partition coefficient (Wildman–Crippen LogP) is 2.36. The van der Waals surface area contributed by atoms with Crippen LogP contribution in [0.4, 0.5) is 4.39 Å². The molecule has 0 atom stereocenters. The maximum absolute atomic E-state index is 12.8. The first-order valence-corrected chi connectivity index (χ1v) is 3.43. The summed E-state index contributed by atoms with van der Waals surface area (Å²) in [6.45, 7) is 0. The van der Waals surface area contributed by atoms with Crippen molar-refractivity contribution in [3.8, 4) is 0 Å². The fourth-order valence-corrected chi connectivity index (χ4v) is 1.12. The quantitative estimate of drug-likeness (QED) is 0.604. The monoisotopic (exact) mass is 170 g/mol. The van der Waals surface area contributed by atoms with Gasteiger partial charge in [0.25, 0.3) is 0 Å². The molecule has 1 N–H and O–H groups in total. The van der Waals surface area contributed by atoms with Gasteiger partial charge in [-0.3, -0.25) is 0 Å². The minimum atomic E-state index is -0.302. The molecule has 0 fully saturated rings. The number of hydrogen-bond acceptors (Lipinski definition) is 1. The molecule has 0 aliphatic carbocycles. The second-order valence-electron chi connectivity index (χ2n) is 2.19. The smallest absolute Gasteiger partial charge is 0.148 e. The average Bonchev–Trinajstić information content (AvgIpc) is 2.33. The molecule has 4 heteroatoms. The topological polar surface area (TPSA) is 28.7 Å². The Hall–Kier alpha value is -1.09. The van der Waals surface area contributed by atoms with Gasteiger partial charge in [0.2, 0.25) is 0 Å². The van der Waals surface area contributed by atoms with Crippen LogP contribution in [0.15, 0.2) is 18.5 Å². The molecule has 0 saturated carbocycles. The number of nitrogens with zero attached hydrogens (tertiary/aromatic N) is 1. The molecular weight excluding hydrogens is 167 g/mol. The number of halogens is 2. The molecule has 2 nitrogen and oxygen atoms in total. The number of rotatable bonds is 0. The minimum Gasteiger partial charge on any atom is -0.357 e. The second kappa shape index (κ2) is 2.20. The summed E-state index contributed by atoms with van der Waals surface area (Å²) in [7, 11) is 0. The van der Waals surface area contributed by atoms with E-state index in [4.69, 9.17) is 11.6 Å². The number of nitrogens with one attached hydrogen (secondary N) is 1. The lowest BCUT2D eigenvalue weighted by Crippen LogP contribution is -1.74. The van der Waals surface area contributed by atoms with Gasteiger partial charge in [-0.15, -0.1) is 0 Å². The predicted molar refractivity (Wildman–Crippen MR) is 41.1 cm³/mol. The molecule has 0 saturated heterocycles. The number of hydrogen-bond donors (Lipinski definition) is 1. The van der Waals surface area contributed by atoms with Gasteiger partial charge >= 0.3 is 0 Å². The van der Waals surface area contributed by atoms with Gasteiger partial charge in [0, 0.05) is 11.6 Å². The lowest BCUT2D eigenvalue weighted by molar-refractivity contribution is 0.639. The van der Waals surface area contributed by atoms with Crippen LogP contribution in [0.1, 0.15) is 0 Å². The van der Waals surface area contributed by atoms with E-state index < -0.39 is 0 Å². The zero-order valence-corrected chi connectivity index (χ0v) is 6.19. The molecule has 0 aromatic carbocycles. The van der Waals surface area contributed by atoms with E-state index in [0.717, 1.165) is 0 Å². The molecule has 2 heterocycles. The Morgan fingerprint density at radius 2 is 2.36 bits per heavy atom. The molecule has 0 aliphatic heterocycles. The van der Waals surface area contributed by atoms with Gasteiger partial charge in [-0.25, -0.2) is 9.37 Å². The summed E-state index contributed by atoms with van der Waals surface area (Å²) in [6.07, 6.45) is 2.78. The number of fused-ring (bicyclic) bond motifs is 1. The van der Waals surface area contributed by atoms with Gasteiger partial charge in [0.1, 0.15) is 11.0 Å². The van der Waals surface area contributed by atoms with E-state index in [9.17, 15) is 4.39 Å². The molecule has 0 amide bonds. The third-order valence-corrected chi connectivity index (χ3v) is 1.69. The van der Waals surface area contributed by atoms with Crippen LogP contribution >= 0.6 is 11.6 Å². The maximum atomic E-state index is 12.8. The first-order chi connectivity index (χ1) is 5.27. The van der Waals surface area contributed by atoms with E-state index in [-0.39, 0.29) is 5.82 Å².